The lowest BCUT2D eigenvalue weighted by atomic mass is 10.1. The summed E-state index contributed by atoms with van der Waals surface area (Å²) < 4.78 is 8.74. The van der Waals surface area contributed by atoms with Crippen molar-refractivity contribution in [3.05, 3.63) is 116 Å². The van der Waals surface area contributed by atoms with E-state index in [9.17, 15) is 14.4 Å². The van der Waals surface area contributed by atoms with E-state index in [1.54, 1.807) is 73.9 Å². The van der Waals surface area contributed by atoms with Crippen molar-refractivity contribution in [1.29, 1.82) is 0 Å². The lowest BCUT2D eigenvalue weighted by molar-refractivity contribution is -0.117. The van der Waals surface area contributed by atoms with E-state index < -0.39 is 11.9 Å². The quantitative estimate of drug-likeness (QED) is 0.164. The number of nitrogens with one attached hydrogen (secondary N) is 2. The number of imidazole rings is 1. The number of hydrogen-bond donors (Lipinski definition) is 2. The molecule has 0 saturated heterocycles. The predicted molar refractivity (Wildman–Crippen MR) is 185 cm³/mol. The fourth-order valence-corrected chi connectivity index (χ4v) is 5.72. The summed E-state index contributed by atoms with van der Waals surface area (Å²) in [5, 5.41) is 5.82. The predicted octanol–water partition coefficient (Wildman–Crippen LogP) is 6.74. The number of ether oxygens (including phenoxy) is 1. The average molecular weight is 739 g/mol. The van der Waals surface area contributed by atoms with Crippen molar-refractivity contribution in [2.75, 3.05) is 30.9 Å². The van der Waals surface area contributed by atoms with Crippen molar-refractivity contribution >= 4 is 74.0 Å². The molecule has 3 heterocycles. The highest BCUT2D eigenvalue weighted by Crippen LogP contribution is 2.35. The Labute approximate surface area is 289 Å². The zero-order chi connectivity index (χ0) is 33.7. The zero-order valence-electron chi connectivity index (χ0n) is 25.6. The van der Waals surface area contributed by atoms with Crippen molar-refractivity contribution in [2.45, 2.75) is 20.1 Å². The Balaban J connectivity index is 1.18. The number of rotatable bonds is 10. The van der Waals surface area contributed by atoms with Gasteiger partial charge in [-0.25, -0.2) is 9.78 Å². The highest BCUT2D eigenvalue weighted by Gasteiger charge is 2.20. The first-order valence-electron chi connectivity index (χ1n) is 14.3. The van der Waals surface area contributed by atoms with Gasteiger partial charge >= 0.3 is 6.03 Å². The third kappa shape index (κ3) is 7.84. The topological polar surface area (TPSA) is 121 Å². The molecule has 11 nitrogen and oxygen atoms in total. The van der Waals surface area contributed by atoms with E-state index in [4.69, 9.17) is 27.9 Å². The molecule has 0 aliphatic carbocycles. The van der Waals surface area contributed by atoms with Gasteiger partial charge in [-0.1, -0.05) is 35.3 Å². The molecule has 0 unspecified atom stereocenters. The van der Waals surface area contributed by atoms with Crippen LogP contribution in [0.15, 0.2) is 83.9 Å². The normalized spacial score (nSPS) is 10.9. The first-order chi connectivity index (χ1) is 22.5. The van der Waals surface area contributed by atoms with Gasteiger partial charge in [-0.2, -0.15) is 0 Å². The number of aryl methyl sites for hydroxylation is 1. The second kappa shape index (κ2) is 14.8. The number of carbonyl (C=O) groups excluding carboxylic acids is 3. The van der Waals surface area contributed by atoms with E-state index in [0.29, 0.717) is 45.5 Å². The van der Waals surface area contributed by atoms with Crippen LogP contribution in [0.5, 0.6) is 5.75 Å². The Bertz CT molecular complexity index is 1950. The van der Waals surface area contributed by atoms with E-state index >= 15 is 0 Å². The van der Waals surface area contributed by atoms with Crippen molar-refractivity contribution in [3.63, 3.8) is 0 Å². The maximum absolute atomic E-state index is 13.1. The molecule has 0 saturated carbocycles. The lowest BCUT2D eigenvalue weighted by Gasteiger charge is -2.21. The summed E-state index contributed by atoms with van der Waals surface area (Å²) in [5.41, 5.74) is 3.99. The number of aromatic nitrogens is 3. The molecular weight excluding hydrogens is 709 g/mol. The van der Waals surface area contributed by atoms with E-state index in [2.05, 4.69) is 36.5 Å². The monoisotopic (exact) mass is 737 g/mol. The molecular formula is C33H30BrCl2N7O4. The Morgan fingerprint density at radius 3 is 2.62 bits per heavy atom. The molecule has 0 aliphatic heterocycles. The largest absolute Gasteiger partial charge is 0.485 e. The number of nitrogens with zero attached hydrogens (tertiary/aromatic N) is 5. The minimum Gasteiger partial charge on any atom is -0.485 e. The summed E-state index contributed by atoms with van der Waals surface area (Å²) in [6.07, 6.45) is 5.23. The highest BCUT2D eigenvalue weighted by atomic mass is 79.9. The molecule has 2 N–H and O–H groups in total. The Hall–Kier alpha value is -4.65. The van der Waals surface area contributed by atoms with Gasteiger partial charge in [0.25, 0.3) is 5.91 Å². The zero-order valence-corrected chi connectivity index (χ0v) is 28.7. The molecule has 0 spiro atoms. The van der Waals surface area contributed by atoms with Gasteiger partial charge in [-0.15, -0.1) is 0 Å². The Kier molecular flexibility index (Phi) is 10.6. The van der Waals surface area contributed by atoms with Gasteiger partial charge in [0.2, 0.25) is 5.91 Å². The summed E-state index contributed by atoms with van der Waals surface area (Å²) in [6.45, 7) is 1.97. The van der Waals surface area contributed by atoms with Crippen molar-refractivity contribution in [1.82, 2.24) is 24.6 Å². The Morgan fingerprint density at radius 1 is 1.04 bits per heavy atom. The number of fused-ring (bicyclic) bond motifs is 1. The Morgan fingerprint density at radius 2 is 1.85 bits per heavy atom. The maximum Gasteiger partial charge on any atom is 0.319 e. The number of pyridine rings is 2. The number of anilines is 2. The van der Waals surface area contributed by atoms with E-state index in [1.165, 1.54) is 4.90 Å². The van der Waals surface area contributed by atoms with Crippen molar-refractivity contribution in [3.8, 4) is 5.75 Å². The van der Waals surface area contributed by atoms with Crippen LogP contribution in [0, 0.1) is 6.92 Å². The van der Waals surface area contributed by atoms with E-state index in [-0.39, 0.29) is 24.1 Å². The summed E-state index contributed by atoms with van der Waals surface area (Å²) in [6, 6.07) is 16.5. The number of likely N-dealkylation sites (N-methyl/N-ethyl adjacent to an activating group) is 1. The van der Waals surface area contributed by atoms with Crippen LogP contribution in [-0.2, 0) is 17.9 Å². The molecule has 0 aliphatic rings. The summed E-state index contributed by atoms with van der Waals surface area (Å²) in [5.74, 6) is -0.120. The second-order valence-corrected chi connectivity index (χ2v) is 12.1. The minimum absolute atomic E-state index is 0.0260. The first kappa shape index (κ1) is 33.7. The summed E-state index contributed by atoms with van der Waals surface area (Å²) in [7, 11) is 3.24. The smallest absolute Gasteiger partial charge is 0.319 e. The van der Waals surface area contributed by atoms with Gasteiger partial charge in [-0.05, 0) is 76.9 Å². The molecule has 3 aromatic heterocycles. The number of urea groups is 1. The van der Waals surface area contributed by atoms with Crippen molar-refractivity contribution < 1.29 is 19.1 Å². The van der Waals surface area contributed by atoms with Crippen LogP contribution in [0.2, 0.25) is 10.0 Å². The SMILES string of the molecule is Cc1nc2c(OCc3c(Cl)ccc(N(C)C(=O)CNC(=O)Nc4cccc(C(=O)N(C)Cc5cccnc5)c4)c3Cl)cccn2c1Br. The minimum atomic E-state index is -0.619. The van der Waals surface area contributed by atoms with Crippen LogP contribution in [0.3, 0.4) is 0 Å². The molecule has 0 radical (unpaired) electrons. The molecule has 14 heteroatoms. The molecule has 5 aromatic rings. The number of benzene rings is 2. The lowest BCUT2D eigenvalue weighted by Crippen LogP contribution is -2.40. The molecule has 4 amide bonds. The van der Waals surface area contributed by atoms with Crippen LogP contribution in [0.4, 0.5) is 16.2 Å². The molecule has 0 bridgehead atoms. The van der Waals surface area contributed by atoms with Crippen LogP contribution < -0.4 is 20.3 Å². The van der Waals surface area contributed by atoms with Gasteiger partial charge in [0.05, 0.1) is 22.9 Å². The number of hydrogen-bond acceptors (Lipinski definition) is 6. The van der Waals surface area contributed by atoms with Crippen LogP contribution in [0.25, 0.3) is 5.65 Å². The summed E-state index contributed by atoms with van der Waals surface area (Å²) >= 11 is 16.7. The standard InChI is InChI=1S/C33H30BrCl2N7O4/c1-20-30(34)43-14-6-10-27(31(43)39-20)47-19-24-25(35)11-12-26(29(24)36)42(3)28(44)17-38-33(46)40-23-9-4-8-22(15-23)32(45)41(2)18-21-7-5-13-37-16-21/h4-16H,17-19H2,1-3H3,(H2,38,40,46). The van der Waals surface area contributed by atoms with E-state index in [0.717, 1.165) is 15.9 Å². The average Bonchev–Trinajstić information content (AvgIpc) is 3.36. The molecule has 0 atom stereocenters. The van der Waals surface area contributed by atoms with Crippen LogP contribution in [-0.4, -0.2) is 57.8 Å². The third-order valence-corrected chi connectivity index (χ3v) is 8.98. The fourth-order valence-electron chi connectivity index (χ4n) is 4.74. The maximum atomic E-state index is 13.1. The molecule has 0 fully saturated rings. The number of amides is 4. The van der Waals surface area contributed by atoms with Gasteiger partial charge < -0.3 is 25.2 Å². The number of halogens is 3. The van der Waals surface area contributed by atoms with Gasteiger partial charge in [0.1, 0.15) is 11.2 Å². The van der Waals surface area contributed by atoms with Crippen molar-refractivity contribution in [2.24, 2.45) is 0 Å². The third-order valence-electron chi connectivity index (χ3n) is 7.24. The second-order valence-electron chi connectivity index (χ2n) is 10.6. The molecule has 242 valence electrons. The highest BCUT2D eigenvalue weighted by molar-refractivity contribution is 9.10. The van der Waals surface area contributed by atoms with Crippen LogP contribution in [0.1, 0.15) is 27.2 Å². The summed E-state index contributed by atoms with van der Waals surface area (Å²) in [4.78, 5) is 50.2. The first-order valence-corrected chi connectivity index (χ1v) is 15.9. The van der Waals surface area contributed by atoms with Crippen LogP contribution >= 0.6 is 39.1 Å². The molecule has 2 aromatic carbocycles. The van der Waals surface area contributed by atoms with Gasteiger partial charge in [0, 0.05) is 61.1 Å². The fraction of sp³-hybridized carbons (Fsp3) is 0.182. The van der Waals surface area contributed by atoms with Gasteiger partial charge in [-0.3, -0.25) is 19.0 Å². The van der Waals surface area contributed by atoms with Gasteiger partial charge in [0.15, 0.2) is 11.4 Å². The molecule has 47 heavy (non-hydrogen) atoms. The number of carbonyl (C=O) groups is 3. The molecule has 5 rings (SSSR count). The van der Waals surface area contributed by atoms with E-state index in [1.807, 2.05) is 35.7 Å².